The Balaban J connectivity index is -0.000000320. The van der Waals surface area contributed by atoms with Gasteiger partial charge in [-0.15, -0.1) is 0 Å². The molecule has 0 saturated heterocycles. The van der Waals surface area contributed by atoms with Crippen LogP contribution in [0.15, 0.2) is 5.57 Å². The molecule has 0 saturated carbocycles. The number of hydrogen-bond acceptors (Lipinski definition) is 2. The number of ketones is 1. The summed E-state index contributed by atoms with van der Waals surface area (Å²) in [5, 5.41) is 8.12. The summed E-state index contributed by atoms with van der Waals surface area (Å²) in [7, 11) is 0. The van der Waals surface area contributed by atoms with Crippen LogP contribution in [0.2, 0.25) is 0 Å². The molecule has 0 aliphatic heterocycles. The maximum absolute atomic E-state index is 10.7. The van der Waals surface area contributed by atoms with Crippen LogP contribution >= 0.6 is 0 Å². The molecule has 0 aliphatic rings. The predicted octanol–water partition coefficient (Wildman–Crippen LogP) is -4.90. The minimum absolute atomic E-state index is 0. The van der Waals surface area contributed by atoms with Crippen molar-refractivity contribution in [1.82, 2.24) is 0 Å². The number of Topliss-reactive ketones (excluding diaryl/α,β-unsaturated/α-hetero) is 1. The first-order valence-corrected chi connectivity index (χ1v) is 2.66. The number of carbonyl (C=O) groups is 1. The summed E-state index contributed by atoms with van der Waals surface area (Å²) in [6.07, 6.45) is 0. The summed E-state index contributed by atoms with van der Waals surface area (Å²) in [6.45, 7) is 8.43. The summed E-state index contributed by atoms with van der Waals surface area (Å²) in [4.78, 5) is 10.7. The number of allylic oxidation sites excluding steroid dienone is 1. The SMILES string of the molecule is [CH-]=C(C#N)C(=O)C(C)C.[K+].[K+]. The Morgan fingerprint density at radius 1 is 1.45 bits per heavy atom. The normalized spacial score (nSPS) is 7.09. The second-order valence-corrected chi connectivity index (χ2v) is 2.04. The monoisotopic (exact) mass is 200 g/mol. The van der Waals surface area contributed by atoms with Crippen LogP contribution in [0.4, 0.5) is 0 Å². The Kier molecular flexibility index (Phi) is 17.6. The number of carbonyl (C=O) groups excluding carboxylic acids is 1. The number of nitrogens with zero attached hydrogens (tertiary/aromatic N) is 1. The van der Waals surface area contributed by atoms with E-state index in [1.165, 1.54) is 0 Å². The molecule has 0 N–H and O–H groups in total. The minimum Gasteiger partial charge on any atom is -0.370 e. The molecular formula is C7H8K2NO+. The summed E-state index contributed by atoms with van der Waals surface area (Å²) < 4.78 is 0. The summed E-state index contributed by atoms with van der Waals surface area (Å²) in [6, 6.07) is 1.59. The van der Waals surface area contributed by atoms with Crippen molar-refractivity contribution < 1.29 is 108 Å². The number of rotatable bonds is 2. The van der Waals surface area contributed by atoms with E-state index < -0.39 is 0 Å². The average molecular weight is 200 g/mol. The third-order valence-corrected chi connectivity index (χ3v) is 0.910. The van der Waals surface area contributed by atoms with Gasteiger partial charge in [0.2, 0.25) is 0 Å². The van der Waals surface area contributed by atoms with Gasteiger partial charge in [-0.2, -0.15) is 0 Å². The van der Waals surface area contributed by atoms with Crippen LogP contribution in [0.3, 0.4) is 0 Å². The van der Waals surface area contributed by atoms with Gasteiger partial charge in [-0.3, -0.25) is 5.26 Å². The quantitative estimate of drug-likeness (QED) is 0.194. The molecule has 48 valence electrons. The first-order chi connectivity index (χ1) is 4.09. The van der Waals surface area contributed by atoms with Crippen LogP contribution in [0.1, 0.15) is 13.8 Å². The standard InChI is InChI=1S/C7H8NO.2K/c1-5(2)7(9)6(3)4-8;;/h3,5H,1-2H3;;/q-1;2*+1. The van der Waals surface area contributed by atoms with Crippen molar-refractivity contribution in [2.45, 2.75) is 13.8 Å². The first kappa shape index (κ1) is 18.9. The molecule has 4 heteroatoms. The van der Waals surface area contributed by atoms with Crippen LogP contribution in [-0.4, -0.2) is 5.78 Å². The summed E-state index contributed by atoms with van der Waals surface area (Å²) >= 11 is 0. The molecule has 0 rings (SSSR count). The van der Waals surface area contributed by atoms with Gasteiger partial charge >= 0.3 is 103 Å². The summed E-state index contributed by atoms with van der Waals surface area (Å²) in [5.74, 6) is -0.456. The Hall–Kier alpha value is 2.17. The topological polar surface area (TPSA) is 40.9 Å². The zero-order chi connectivity index (χ0) is 7.44. The largest absolute Gasteiger partial charge is 1.00 e. The fraction of sp³-hybridized carbons (Fsp3) is 0.429. The van der Waals surface area contributed by atoms with Crippen molar-refractivity contribution in [1.29, 1.82) is 5.26 Å². The summed E-state index contributed by atoms with van der Waals surface area (Å²) in [5.41, 5.74) is -0.204. The van der Waals surface area contributed by atoms with E-state index in [9.17, 15) is 4.79 Å². The third-order valence-electron chi connectivity index (χ3n) is 0.910. The molecule has 0 heterocycles. The van der Waals surface area contributed by atoms with Gasteiger partial charge in [0.05, 0.1) is 5.78 Å². The Morgan fingerprint density at radius 3 is 1.91 bits per heavy atom. The molecule has 0 bridgehead atoms. The maximum atomic E-state index is 10.7. The molecule has 0 aromatic carbocycles. The van der Waals surface area contributed by atoms with E-state index >= 15 is 0 Å². The number of nitriles is 1. The van der Waals surface area contributed by atoms with E-state index in [-0.39, 0.29) is 120 Å². The van der Waals surface area contributed by atoms with Gasteiger partial charge in [-0.1, -0.05) is 25.5 Å². The fourth-order valence-electron chi connectivity index (χ4n) is 0.366. The smallest absolute Gasteiger partial charge is 0.370 e. The first-order valence-electron chi connectivity index (χ1n) is 2.66. The maximum Gasteiger partial charge on any atom is 1.00 e. The molecule has 0 aromatic heterocycles. The Morgan fingerprint density at radius 2 is 1.82 bits per heavy atom. The third kappa shape index (κ3) is 8.50. The van der Waals surface area contributed by atoms with Gasteiger partial charge in [0.1, 0.15) is 0 Å². The van der Waals surface area contributed by atoms with E-state index in [0.717, 1.165) is 0 Å². The van der Waals surface area contributed by atoms with Gasteiger partial charge < -0.3 is 4.79 Å². The average Bonchev–Trinajstić information content (AvgIpc) is 1.84. The molecule has 0 aliphatic carbocycles. The molecule has 0 amide bonds. The van der Waals surface area contributed by atoms with Crippen LogP contribution in [0.5, 0.6) is 0 Å². The van der Waals surface area contributed by atoms with E-state index in [2.05, 4.69) is 0 Å². The van der Waals surface area contributed by atoms with Crippen LogP contribution < -0.4 is 103 Å². The second-order valence-electron chi connectivity index (χ2n) is 2.04. The van der Waals surface area contributed by atoms with Gasteiger partial charge in [-0.05, 0) is 5.92 Å². The van der Waals surface area contributed by atoms with Crippen LogP contribution in [0, 0.1) is 23.8 Å². The van der Waals surface area contributed by atoms with Crippen molar-refractivity contribution in [3.63, 3.8) is 0 Å². The van der Waals surface area contributed by atoms with E-state index in [4.69, 9.17) is 11.8 Å². The van der Waals surface area contributed by atoms with Crippen molar-refractivity contribution in [3.8, 4) is 6.07 Å². The zero-order valence-electron chi connectivity index (χ0n) is 7.51. The van der Waals surface area contributed by atoms with Crippen LogP contribution in [-0.2, 0) is 4.79 Å². The van der Waals surface area contributed by atoms with E-state index in [1.807, 2.05) is 0 Å². The molecular weight excluding hydrogens is 192 g/mol. The molecule has 0 spiro atoms. The van der Waals surface area contributed by atoms with Crippen molar-refractivity contribution in [2.24, 2.45) is 5.92 Å². The molecule has 0 radical (unpaired) electrons. The molecule has 0 fully saturated rings. The predicted molar refractivity (Wildman–Crippen MR) is 33.3 cm³/mol. The van der Waals surface area contributed by atoms with Gasteiger partial charge in [0, 0.05) is 0 Å². The Bertz CT molecular complexity index is 181. The van der Waals surface area contributed by atoms with E-state index in [0.29, 0.717) is 0 Å². The second kappa shape index (κ2) is 10.3. The molecule has 0 unspecified atom stereocenters. The van der Waals surface area contributed by atoms with E-state index in [1.54, 1.807) is 19.9 Å². The zero-order valence-corrected chi connectivity index (χ0v) is 13.8. The molecule has 0 aromatic rings. The molecule has 2 nitrogen and oxygen atoms in total. The van der Waals surface area contributed by atoms with Crippen molar-refractivity contribution >= 4 is 5.78 Å². The number of hydrogen-bond donors (Lipinski definition) is 0. The van der Waals surface area contributed by atoms with Gasteiger partial charge in [0.15, 0.2) is 0 Å². The molecule has 0 atom stereocenters. The molecule has 11 heavy (non-hydrogen) atoms. The minimum atomic E-state index is -0.280. The van der Waals surface area contributed by atoms with Crippen LogP contribution in [0.25, 0.3) is 0 Å². The Labute approximate surface area is 153 Å². The van der Waals surface area contributed by atoms with Gasteiger partial charge in [0.25, 0.3) is 0 Å². The fourth-order valence-corrected chi connectivity index (χ4v) is 0.366. The van der Waals surface area contributed by atoms with Crippen molar-refractivity contribution in [3.05, 3.63) is 12.2 Å². The van der Waals surface area contributed by atoms with Crippen molar-refractivity contribution in [2.75, 3.05) is 0 Å². The van der Waals surface area contributed by atoms with Gasteiger partial charge in [-0.25, -0.2) is 6.58 Å².